The Morgan fingerprint density at radius 2 is 2.22 bits per heavy atom. The molecule has 0 amide bonds. The van der Waals surface area contributed by atoms with E-state index in [0.29, 0.717) is 18.4 Å². The smallest absolute Gasteiger partial charge is 0.191 e. The van der Waals surface area contributed by atoms with E-state index in [0.717, 1.165) is 49.0 Å². The molecule has 0 aromatic carbocycles. The summed E-state index contributed by atoms with van der Waals surface area (Å²) in [7, 11) is 0. The van der Waals surface area contributed by atoms with E-state index in [1.165, 1.54) is 0 Å². The Balaban J connectivity index is 0.00000264. The fraction of sp³-hybridized carbons (Fsp3) is 0.750. The number of aromatic nitrogens is 1. The van der Waals surface area contributed by atoms with Crippen LogP contribution >= 0.6 is 35.3 Å². The number of thiazole rings is 1. The first-order valence-corrected chi connectivity index (χ1v) is 9.12. The van der Waals surface area contributed by atoms with Gasteiger partial charge in [-0.1, -0.05) is 20.3 Å². The van der Waals surface area contributed by atoms with Gasteiger partial charge in [-0.3, -0.25) is 0 Å². The van der Waals surface area contributed by atoms with Crippen LogP contribution in [-0.2, 0) is 6.54 Å². The van der Waals surface area contributed by atoms with Crippen LogP contribution in [0.4, 0.5) is 0 Å². The van der Waals surface area contributed by atoms with E-state index in [2.05, 4.69) is 46.8 Å². The van der Waals surface area contributed by atoms with Crippen LogP contribution in [0.3, 0.4) is 0 Å². The lowest BCUT2D eigenvalue weighted by molar-refractivity contribution is 0.134. The molecular weight excluding hydrogens is 423 g/mol. The monoisotopic (exact) mass is 452 g/mol. The molecule has 2 unspecified atom stereocenters. The fourth-order valence-electron chi connectivity index (χ4n) is 2.63. The van der Waals surface area contributed by atoms with Gasteiger partial charge >= 0.3 is 0 Å². The molecule has 3 N–H and O–H groups in total. The highest BCUT2D eigenvalue weighted by Crippen LogP contribution is 2.24. The Morgan fingerprint density at radius 1 is 1.43 bits per heavy atom. The normalized spacial score (nSPS) is 21.3. The van der Waals surface area contributed by atoms with Crippen molar-refractivity contribution in [3.8, 4) is 0 Å². The van der Waals surface area contributed by atoms with Crippen molar-refractivity contribution in [3.05, 3.63) is 16.1 Å². The van der Waals surface area contributed by atoms with Crippen LogP contribution in [0.1, 0.15) is 56.7 Å². The average molecular weight is 452 g/mol. The van der Waals surface area contributed by atoms with Gasteiger partial charge in [-0.25, -0.2) is 9.98 Å². The standard InChI is InChI=1S/C16H28N4OS.HI/c1-4-17-16(18-8-12-6-5-7-14(12)21)19-9-15-20-13(10-22-15)11(2)3;/h10-12,14,21H,4-9H2,1-3H3,(H2,17,18,19);1H. The van der Waals surface area contributed by atoms with Gasteiger partial charge in [0.2, 0.25) is 0 Å². The highest BCUT2D eigenvalue weighted by Gasteiger charge is 2.24. The Morgan fingerprint density at radius 3 is 2.78 bits per heavy atom. The molecule has 1 aliphatic carbocycles. The van der Waals surface area contributed by atoms with Gasteiger partial charge < -0.3 is 15.7 Å². The minimum absolute atomic E-state index is 0. The summed E-state index contributed by atoms with van der Waals surface area (Å²) in [5.74, 6) is 1.61. The van der Waals surface area contributed by atoms with E-state index in [1.807, 2.05) is 0 Å². The zero-order chi connectivity index (χ0) is 15.9. The first-order chi connectivity index (χ1) is 10.6. The van der Waals surface area contributed by atoms with E-state index in [9.17, 15) is 5.11 Å². The molecule has 132 valence electrons. The summed E-state index contributed by atoms with van der Waals surface area (Å²) in [6.45, 7) is 8.57. The van der Waals surface area contributed by atoms with Crippen molar-refractivity contribution < 1.29 is 5.11 Å². The molecule has 2 rings (SSSR count). The van der Waals surface area contributed by atoms with Gasteiger partial charge in [0.1, 0.15) is 5.01 Å². The molecule has 0 aliphatic heterocycles. The molecule has 1 aromatic heterocycles. The molecule has 0 saturated heterocycles. The molecule has 1 aromatic rings. The largest absolute Gasteiger partial charge is 0.393 e. The van der Waals surface area contributed by atoms with Crippen LogP contribution in [0.25, 0.3) is 0 Å². The maximum atomic E-state index is 9.89. The predicted octanol–water partition coefficient (Wildman–Crippen LogP) is 3.10. The third-order valence-corrected chi connectivity index (χ3v) is 4.88. The number of halogens is 1. The lowest BCUT2D eigenvalue weighted by Gasteiger charge is -2.17. The molecule has 0 radical (unpaired) electrons. The quantitative estimate of drug-likeness (QED) is 0.353. The number of aliphatic hydroxyl groups excluding tert-OH is 1. The summed E-state index contributed by atoms with van der Waals surface area (Å²) in [6, 6.07) is 0. The van der Waals surface area contributed by atoms with Crippen molar-refractivity contribution in [2.24, 2.45) is 10.9 Å². The number of nitrogens with zero attached hydrogens (tertiary/aromatic N) is 2. The summed E-state index contributed by atoms with van der Waals surface area (Å²) >= 11 is 1.67. The van der Waals surface area contributed by atoms with Crippen molar-refractivity contribution in [2.75, 3.05) is 13.1 Å². The molecule has 2 atom stereocenters. The maximum Gasteiger partial charge on any atom is 0.191 e. The van der Waals surface area contributed by atoms with Gasteiger partial charge in [-0.2, -0.15) is 0 Å². The van der Waals surface area contributed by atoms with E-state index in [1.54, 1.807) is 11.3 Å². The molecule has 0 spiro atoms. The molecular formula is C16H29IN4OS. The first-order valence-electron chi connectivity index (χ1n) is 8.24. The zero-order valence-electron chi connectivity index (χ0n) is 14.2. The lowest BCUT2D eigenvalue weighted by atomic mass is 10.1. The number of aliphatic imine (C=N–C) groups is 1. The summed E-state index contributed by atoms with van der Waals surface area (Å²) in [5, 5.41) is 19.6. The van der Waals surface area contributed by atoms with Crippen molar-refractivity contribution in [1.29, 1.82) is 0 Å². The van der Waals surface area contributed by atoms with Gasteiger partial charge in [0, 0.05) is 24.4 Å². The second-order valence-electron chi connectivity index (χ2n) is 6.16. The maximum absolute atomic E-state index is 9.89. The highest BCUT2D eigenvalue weighted by atomic mass is 127. The van der Waals surface area contributed by atoms with E-state index >= 15 is 0 Å². The minimum atomic E-state index is -0.164. The zero-order valence-corrected chi connectivity index (χ0v) is 17.4. The van der Waals surface area contributed by atoms with Crippen LogP contribution in [0.2, 0.25) is 0 Å². The van der Waals surface area contributed by atoms with Crippen LogP contribution in [0.5, 0.6) is 0 Å². The number of rotatable bonds is 6. The van der Waals surface area contributed by atoms with E-state index in [-0.39, 0.29) is 30.1 Å². The van der Waals surface area contributed by atoms with Crippen molar-refractivity contribution in [3.63, 3.8) is 0 Å². The van der Waals surface area contributed by atoms with Gasteiger partial charge in [0.05, 0.1) is 18.3 Å². The number of hydrogen-bond acceptors (Lipinski definition) is 4. The van der Waals surface area contributed by atoms with Crippen molar-refractivity contribution in [1.82, 2.24) is 15.6 Å². The SMILES string of the molecule is CCNC(=NCc1nc(C(C)C)cs1)NCC1CCCC1O.I. The molecule has 23 heavy (non-hydrogen) atoms. The molecule has 1 saturated carbocycles. The fourth-order valence-corrected chi connectivity index (χ4v) is 3.51. The van der Waals surface area contributed by atoms with Crippen LogP contribution in [-0.4, -0.2) is 35.2 Å². The summed E-state index contributed by atoms with van der Waals surface area (Å²) in [6.07, 6.45) is 2.98. The Bertz CT molecular complexity index is 492. The number of guanidine groups is 1. The molecule has 1 aliphatic rings. The van der Waals surface area contributed by atoms with Crippen molar-refractivity contribution in [2.45, 2.75) is 58.6 Å². The Labute approximate surface area is 160 Å². The third-order valence-electron chi connectivity index (χ3n) is 4.03. The summed E-state index contributed by atoms with van der Waals surface area (Å²) < 4.78 is 0. The van der Waals surface area contributed by atoms with Gasteiger partial charge in [0.15, 0.2) is 5.96 Å². The second-order valence-corrected chi connectivity index (χ2v) is 7.10. The average Bonchev–Trinajstić information content (AvgIpc) is 3.11. The minimum Gasteiger partial charge on any atom is -0.393 e. The number of aliphatic hydroxyl groups is 1. The van der Waals surface area contributed by atoms with Gasteiger partial charge in [0.25, 0.3) is 0 Å². The first kappa shape index (κ1) is 20.6. The molecule has 1 heterocycles. The topological polar surface area (TPSA) is 69.5 Å². The van der Waals surface area contributed by atoms with E-state index < -0.39 is 0 Å². The summed E-state index contributed by atoms with van der Waals surface area (Å²) in [5.41, 5.74) is 1.14. The summed E-state index contributed by atoms with van der Waals surface area (Å²) in [4.78, 5) is 9.21. The molecule has 1 fully saturated rings. The highest BCUT2D eigenvalue weighted by molar-refractivity contribution is 14.0. The van der Waals surface area contributed by atoms with Gasteiger partial charge in [-0.05, 0) is 25.7 Å². The third kappa shape index (κ3) is 6.54. The lowest BCUT2D eigenvalue weighted by Crippen LogP contribution is -2.41. The van der Waals surface area contributed by atoms with Crippen LogP contribution < -0.4 is 10.6 Å². The van der Waals surface area contributed by atoms with Crippen molar-refractivity contribution >= 4 is 41.3 Å². The second kappa shape index (κ2) is 10.5. The molecule has 0 bridgehead atoms. The number of nitrogens with one attached hydrogen (secondary N) is 2. The molecule has 5 nitrogen and oxygen atoms in total. The van der Waals surface area contributed by atoms with Crippen LogP contribution in [0, 0.1) is 5.92 Å². The predicted molar refractivity (Wildman–Crippen MR) is 108 cm³/mol. The number of hydrogen-bond donors (Lipinski definition) is 3. The van der Waals surface area contributed by atoms with E-state index in [4.69, 9.17) is 0 Å². The molecule has 7 heteroatoms. The van der Waals surface area contributed by atoms with Crippen LogP contribution in [0.15, 0.2) is 10.4 Å². The Hall–Kier alpha value is -0.410. The Kier molecular flexibility index (Phi) is 9.38. The van der Waals surface area contributed by atoms with Gasteiger partial charge in [-0.15, -0.1) is 35.3 Å².